The van der Waals surface area contributed by atoms with Crippen LogP contribution in [0.25, 0.3) is 0 Å². The summed E-state index contributed by atoms with van der Waals surface area (Å²) in [7, 11) is 1.89. The van der Waals surface area contributed by atoms with Crippen molar-refractivity contribution in [2.45, 2.75) is 36.2 Å². The first kappa shape index (κ1) is 64.1. The van der Waals surface area contributed by atoms with Crippen LogP contribution in [0.5, 0.6) is 0 Å². The van der Waals surface area contributed by atoms with E-state index in [1.165, 1.54) is 23.5 Å². The number of aromatic nitrogens is 18. The van der Waals surface area contributed by atoms with Crippen LogP contribution in [0.4, 0.5) is 89.2 Å². The lowest BCUT2D eigenvalue weighted by Crippen LogP contribution is -2.22. The van der Waals surface area contributed by atoms with Crippen LogP contribution < -0.4 is 103 Å². The third-order valence-corrected chi connectivity index (χ3v) is 12.2. The first-order chi connectivity index (χ1) is 40.7. The molecule has 6 aromatic heterocycles. The Morgan fingerprint density at radius 3 is 0.602 bits per heavy atom. The molecule has 0 fully saturated rings. The second-order valence-corrected chi connectivity index (χ2v) is 20.2. The lowest BCUT2D eigenvalue weighted by molar-refractivity contribution is 0.808. The molecule has 0 aliphatic heterocycles. The van der Waals surface area contributed by atoms with Gasteiger partial charge < -0.3 is 103 Å². The van der Waals surface area contributed by atoms with Crippen molar-refractivity contribution in [1.29, 1.82) is 0 Å². The highest BCUT2D eigenvalue weighted by Gasteiger charge is 2.13. The molecule has 0 radical (unpaired) electrons. The van der Waals surface area contributed by atoms with Crippen LogP contribution in [0, 0.1) is 0 Å². The Morgan fingerprint density at radius 2 is 0.422 bits per heavy atom. The summed E-state index contributed by atoms with van der Waals surface area (Å²) in [5.74, 6) is 7.84. The molecule has 6 rings (SSSR count). The van der Waals surface area contributed by atoms with Gasteiger partial charge >= 0.3 is 0 Å². The predicted octanol–water partition coefficient (Wildman–Crippen LogP) is -0.922. The van der Waals surface area contributed by atoms with Gasteiger partial charge in [0.2, 0.25) is 89.2 Å². The molecular weight excluding hydrogens is 1130 g/mol. The maximum absolute atomic E-state index is 5.84. The largest absolute Gasteiger partial charge is 0.368 e. The van der Waals surface area contributed by atoms with Gasteiger partial charge in [-0.25, -0.2) is 0 Å². The minimum atomic E-state index is 0.0854. The molecule has 6 heterocycles. The highest BCUT2D eigenvalue weighted by molar-refractivity contribution is 7.99. The van der Waals surface area contributed by atoms with Gasteiger partial charge in [0.25, 0.3) is 0 Å². The molecule has 0 amide bonds. The van der Waals surface area contributed by atoms with Gasteiger partial charge in [-0.1, -0.05) is 56.1 Å². The summed E-state index contributed by atoms with van der Waals surface area (Å²) in [6, 6.07) is 0. The second kappa shape index (κ2) is 37.1. The van der Waals surface area contributed by atoms with Gasteiger partial charge in [-0.15, -0.1) is 0 Å². The molecule has 6 aromatic rings. The smallest absolute Gasteiger partial charge is 0.229 e. The number of nitrogens with one attached hydrogen (secondary N) is 15. The van der Waals surface area contributed by atoms with E-state index in [2.05, 4.69) is 169 Å². The molecule has 0 aromatic carbocycles. The Morgan fingerprint density at radius 1 is 0.253 bits per heavy atom. The normalized spacial score (nSPS) is 10.9. The molecular formula is C43H77N37S3. The van der Waals surface area contributed by atoms with Crippen molar-refractivity contribution < 1.29 is 0 Å². The van der Waals surface area contributed by atoms with E-state index >= 15 is 0 Å². The zero-order valence-corrected chi connectivity index (χ0v) is 49.4. The first-order valence-corrected chi connectivity index (χ1v) is 29.9. The van der Waals surface area contributed by atoms with Crippen LogP contribution in [0.15, 0.2) is 15.5 Å². The number of nitrogens with zero attached hydrogens (tertiary/aromatic N) is 18. The maximum Gasteiger partial charge on any atom is 0.229 e. The SMILES string of the molecule is CCSc1nc(NCCNC)nc(NCCNc2nc(NCCN)nc(NCCNc3nc(NCCNc4nc(NCCN)nc(NCCNc5nc(NCCNc6nc(N)nc(NCCN)n6)nc(SCC)n5)n4)nc(SCC)n3)n2)n1. The zero-order chi connectivity index (χ0) is 58.7. The quantitative estimate of drug-likeness (QED) is 0.0162. The highest BCUT2D eigenvalue weighted by Crippen LogP contribution is 2.19. The molecule has 0 atom stereocenters. The number of likely N-dealkylation sites (N-methyl/N-ethyl adjacent to an activating group) is 1. The molecule has 0 aliphatic rings. The molecule has 0 unspecified atom stereocenters. The molecule has 0 spiro atoms. The zero-order valence-electron chi connectivity index (χ0n) is 46.9. The molecule has 40 heteroatoms. The Labute approximate surface area is 493 Å². The van der Waals surface area contributed by atoms with Gasteiger partial charge in [0.1, 0.15) is 0 Å². The van der Waals surface area contributed by atoms with E-state index in [4.69, 9.17) is 22.9 Å². The lowest BCUT2D eigenvalue weighted by atomic mass is 10.6. The van der Waals surface area contributed by atoms with E-state index in [1.807, 2.05) is 27.8 Å². The molecule has 0 saturated heterocycles. The number of hydrogen-bond donors (Lipinski definition) is 19. The average molecular weight is 1210 g/mol. The van der Waals surface area contributed by atoms with Gasteiger partial charge in [-0.2, -0.15) is 89.7 Å². The summed E-state index contributed by atoms with van der Waals surface area (Å²) in [5.41, 5.74) is 23.0. The number of thioether (sulfide) groups is 3. The summed E-state index contributed by atoms with van der Waals surface area (Å²) >= 11 is 4.54. The number of nitrogen functional groups attached to an aromatic ring is 1. The Balaban J connectivity index is 0.964. The van der Waals surface area contributed by atoms with Gasteiger partial charge in [0.15, 0.2) is 15.5 Å². The van der Waals surface area contributed by atoms with E-state index in [1.54, 1.807) is 11.8 Å². The van der Waals surface area contributed by atoms with Crippen molar-refractivity contribution >= 4 is 125 Å². The van der Waals surface area contributed by atoms with Crippen molar-refractivity contribution in [3.63, 3.8) is 0 Å². The van der Waals surface area contributed by atoms with Gasteiger partial charge in [-0.3, -0.25) is 0 Å². The molecule has 452 valence electrons. The third-order valence-electron chi connectivity index (χ3n) is 9.99. The van der Waals surface area contributed by atoms with E-state index < -0.39 is 0 Å². The van der Waals surface area contributed by atoms with Crippen molar-refractivity contribution in [2.24, 2.45) is 17.2 Å². The van der Waals surface area contributed by atoms with Gasteiger partial charge in [-0.05, 0) is 24.3 Å². The Hall–Kier alpha value is -8.05. The topological polar surface area (TPSA) is 517 Å². The van der Waals surface area contributed by atoms with Crippen LogP contribution in [0.2, 0.25) is 0 Å². The summed E-state index contributed by atoms with van der Waals surface area (Å²) < 4.78 is 0. The lowest BCUT2D eigenvalue weighted by Gasteiger charge is -2.13. The van der Waals surface area contributed by atoms with E-state index in [0.717, 1.165) is 23.8 Å². The van der Waals surface area contributed by atoms with Crippen molar-refractivity contribution in [2.75, 3.05) is 222 Å². The minimum absolute atomic E-state index is 0.0854. The summed E-state index contributed by atoms with van der Waals surface area (Å²) in [6.45, 7) is 14.6. The molecule has 0 aliphatic carbocycles. The van der Waals surface area contributed by atoms with Crippen LogP contribution >= 0.6 is 35.3 Å². The number of hydrogen-bond acceptors (Lipinski definition) is 40. The molecule has 0 bridgehead atoms. The van der Waals surface area contributed by atoms with E-state index in [-0.39, 0.29) is 5.95 Å². The fourth-order valence-electron chi connectivity index (χ4n) is 6.50. The third kappa shape index (κ3) is 24.5. The summed E-state index contributed by atoms with van der Waals surface area (Å²) in [6.07, 6.45) is 0. The van der Waals surface area contributed by atoms with E-state index in [0.29, 0.717) is 210 Å². The minimum Gasteiger partial charge on any atom is -0.368 e. The molecule has 83 heavy (non-hydrogen) atoms. The number of nitrogens with two attached hydrogens (primary N) is 4. The Bertz CT molecular complexity index is 2820. The van der Waals surface area contributed by atoms with Crippen LogP contribution in [0.1, 0.15) is 20.8 Å². The fraction of sp³-hybridized carbons (Fsp3) is 0.581. The average Bonchev–Trinajstić information content (AvgIpc) is 3.53. The van der Waals surface area contributed by atoms with Crippen molar-refractivity contribution in [3.05, 3.63) is 0 Å². The second-order valence-electron chi connectivity index (χ2n) is 16.5. The van der Waals surface area contributed by atoms with Crippen LogP contribution in [-0.2, 0) is 0 Å². The molecule has 23 N–H and O–H groups in total. The van der Waals surface area contributed by atoms with Gasteiger partial charge in [0, 0.05) is 118 Å². The number of anilines is 15. The number of rotatable bonds is 44. The highest BCUT2D eigenvalue weighted by atomic mass is 32.2. The summed E-state index contributed by atoms with van der Waals surface area (Å²) in [4.78, 5) is 80.9. The van der Waals surface area contributed by atoms with Gasteiger partial charge in [0.05, 0.1) is 0 Å². The monoisotopic (exact) mass is 1210 g/mol. The first-order valence-electron chi connectivity index (χ1n) is 27.0. The van der Waals surface area contributed by atoms with E-state index in [9.17, 15) is 0 Å². The molecule has 0 saturated carbocycles. The van der Waals surface area contributed by atoms with Crippen molar-refractivity contribution in [1.82, 2.24) is 95.0 Å². The van der Waals surface area contributed by atoms with Crippen LogP contribution in [0.3, 0.4) is 0 Å². The van der Waals surface area contributed by atoms with Crippen molar-refractivity contribution in [3.8, 4) is 0 Å². The Kier molecular flexibility index (Phi) is 28.7. The van der Waals surface area contributed by atoms with Crippen LogP contribution in [-0.4, -0.2) is 232 Å². The predicted molar refractivity (Wildman–Crippen MR) is 333 cm³/mol. The maximum atomic E-state index is 5.84. The summed E-state index contributed by atoms with van der Waals surface area (Å²) in [5, 5.41) is 49.8. The standard InChI is InChI=1S/C43H77N37S3/c1-5-81-41-75-35(52-15-14-48-4)72-36(76-41)59-22-17-54-31-66-29(50-12-9-45)67-32(70-31)56-19-24-61-39-74-40(80-43(79-39)83-7-3)62-25-20-57-34-69-30(51-13-10-46)68-33(71-34)55-18-23-60-38-73-37(77-42(78-38)82-6-2)58-21-16-53-28-64-26(47)63-27(65-28)49-11-8-44/h48H,5-25,44-46H2,1-4H3,(H2,52,59,72,75,76)(H2,58,60,73,77,78)(H2,61,62,74,79,80)(H4,47,49,53,63,64,65)(H3,50,54,56,66,67,70)(H3,51,55,57,68,69,71). The fourth-order valence-corrected chi connectivity index (χ4v) is 8.18. The molecule has 37 nitrogen and oxygen atoms in total.